The number of nitrogens with zero attached hydrogens (tertiary/aromatic N) is 1. The predicted molar refractivity (Wildman–Crippen MR) is 88.7 cm³/mol. The number of piperidine rings is 1. The molecule has 0 aliphatic carbocycles. The minimum atomic E-state index is -3.11. The van der Waals surface area contributed by atoms with Crippen LogP contribution < -0.4 is 4.74 Å². The first-order chi connectivity index (χ1) is 9.90. The second-order valence-electron chi connectivity index (χ2n) is 5.33. The van der Waals surface area contributed by atoms with Crippen molar-refractivity contribution in [3.8, 4) is 5.75 Å². The van der Waals surface area contributed by atoms with Crippen LogP contribution in [-0.2, 0) is 15.4 Å². The maximum absolute atomic E-state index is 11.6. The maximum atomic E-state index is 11.6. The lowest BCUT2D eigenvalue weighted by molar-refractivity contribution is 0.180. The van der Waals surface area contributed by atoms with Crippen LogP contribution in [0.4, 0.5) is 0 Å². The van der Waals surface area contributed by atoms with E-state index < -0.39 is 10.0 Å². The van der Waals surface area contributed by atoms with Gasteiger partial charge in [-0.3, -0.25) is 0 Å². The quantitative estimate of drug-likeness (QED) is 0.718. The number of rotatable bonds is 5. The zero-order valence-electron chi connectivity index (χ0n) is 11.9. The molecule has 4 nitrogen and oxygen atoms in total. The number of halogens is 2. The van der Waals surface area contributed by atoms with Gasteiger partial charge in [-0.25, -0.2) is 12.7 Å². The number of hydrogen-bond donors (Lipinski definition) is 0. The monoisotopic (exact) mass is 395 g/mol. The van der Waals surface area contributed by atoms with Gasteiger partial charge in [0.05, 0.1) is 12.9 Å². The van der Waals surface area contributed by atoms with E-state index in [4.69, 9.17) is 16.3 Å². The van der Waals surface area contributed by atoms with E-state index >= 15 is 0 Å². The molecule has 1 aromatic rings. The number of hydrogen-bond acceptors (Lipinski definition) is 3. The molecule has 1 unspecified atom stereocenters. The van der Waals surface area contributed by atoms with E-state index in [1.807, 2.05) is 12.1 Å². The third kappa shape index (κ3) is 4.84. The molecule has 0 saturated carbocycles. The molecule has 1 heterocycles. The van der Waals surface area contributed by atoms with Gasteiger partial charge in [-0.15, -0.1) is 0 Å². The lowest BCUT2D eigenvalue weighted by Gasteiger charge is -2.30. The molecule has 0 aromatic heterocycles. The van der Waals surface area contributed by atoms with Gasteiger partial charge in [-0.05, 0) is 31.0 Å². The van der Waals surface area contributed by atoms with E-state index in [1.165, 1.54) is 10.6 Å². The van der Waals surface area contributed by atoms with Crippen molar-refractivity contribution in [3.05, 3.63) is 28.8 Å². The molecule has 1 aromatic carbocycles. The Bertz CT molecular complexity index is 594. The van der Waals surface area contributed by atoms with Crippen LogP contribution in [0.2, 0.25) is 5.02 Å². The van der Waals surface area contributed by atoms with Crippen LogP contribution in [0.3, 0.4) is 0 Å². The zero-order chi connectivity index (χ0) is 15.5. The van der Waals surface area contributed by atoms with Crippen LogP contribution in [-0.4, -0.2) is 38.7 Å². The van der Waals surface area contributed by atoms with Crippen molar-refractivity contribution in [1.29, 1.82) is 0 Å². The lowest BCUT2D eigenvalue weighted by atomic mass is 10.0. The fraction of sp³-hybridized carbons (Fsp3) is 0.571. The molecule has 0 amide bonds. The summed E-state index contributed by atoms with van der Waals surface area (Å²) in [4.78, 5) is 0. The molecule has 1 saturated heterocycles. The molecular formula is C14H19BrClNO3S. The summed E-state index contributed by atoms with van der Waals surface area (Å²) in [5, 5.41) is 1.35. The molecule has 118 valence electrons. The van der Waals surface area contributed by atoms with E-state index in [0.29, 0.717) is 30.0 Å². The third-order valence-corrected chi connectivity index (χ3v) is 5.70. The van der Waals surface area contributed by atoms with Gasteiger partial charge in [-0.2, -0.15) is 0 Å². The van der Waals surface area contributed by atoms with Crippen LogP contribution >= 0.6 is 27.5 Å². The van der Waals surface area contributed by atoms with Gasteiger partial charge in [0.15, 0.2) is 0 Å². The van der Waals surface area contributed by atoms with Crippen LogP contribution in [0.15, 0.2) is 18.2 Å². The second kappa shape index (κ2) is 7.31. The van der Waals surface area contributed by atoms with Gasteiger partial charge in [-0.1, -0.05) is 27.5 Å². The highest BCUT2D eigenvalue weighted by Crippen LogP contribution is 2.26. The highest BCUT2D eigenvalue weighted by atomic mass is 79.9. The van der Waals surface area contributed by atoms with E-state index in [2.05, 4.69) is 15.9 Å². The summed E-state index contributed by atoms with van der Waals surface area (Å²) in [5.41, 5.74) is 0.998. The Balaban J connectivity index is 1.97. The highest BCUT2D eigenvalue weighted by Gasteiger charge is 2.26. The molecule has 0 radical (unpaired) electrons. The Kier molecular flexibility index (Phi) is 5.94. The predicted octanol–water partition coefficient (Wildman–Crippen LogP) is 3.29. The summed E-state index contributed by atoms with van der Waals surface area (Å²) in [6.45, 7) is 1.67. The summed E-state index contributed by atoms with van der Waals surface area (Å²) in [6, 6.07) is 5.53. The lowest BCUT2D eigenvalue weighted by Crippen LogP contribution is -2.40. The Morgan fingerprint density at radius 2 is 2.24 bits per heavy atom. The molecule has 21 heavy (non-hydrogen) atoms. The summed E-state index contributed by atoms with van der Waals surface area (Å²) in [7, 11) is -3.11. The average molecular weight is 397 g/mol. The Labute approximate surface area is 139 Å². The minimum absolute atomic E-state index is 0.229. The first-order valence-corrected chi connectivity index (χ1v) is 10.2. The van der Waals surface area contributed by atoms with E-state index in [0.717, 1.165) is 24.2 Å². The highest BCUT2D eigenvalue weighted by molar-refractivity contribution is 9.08. The smallest absolute Gasteiger partial charge is 0.211 e. The SMILES string of the molecule is CS(=O)(=O)N1CCCC(COc2ccc(Cl)cc2CBr)C1. The van der Waals surface area contributed by atoms with Gasteiger partial charge < -0.3 is 4.74 Å². The van der Waals surface area contributed by atoms with Crippen molar-refractivity contribution in [2.75, 3.05) is 26.0 Å². The van der Waals surface area contributed by atoms with Crippen molar-refractivity contribution < 1.29 is 13.2 Å². The van der Waals surface area contributed by atoms with Crippen LogP contribution in [0, 0.1) is 5.92 Å². The number of alkyl halides is 1. The maximum Gasteiger partial charge on any atom is 0.211 e. The first-order valence-electron chi connectivity index (χ1n) is 6.82. The van der Waals surface area contributed by atoms with E-state index in [-0.39, 0.29) is 5.92 Å². The molecule has 7 heteroatoms. The number of benzene rings is 1. The van der Waals surface area contributed by atoms with Gasteiger partial charge >= 0.3 is 0 Å². The summed E-state index contributed by atoms with van der Waals surface area (Å²) >= 11 is 9.38. The standard InChI is InChI=1S/C14H19BrClNO3S/c1-21(18,19)17-6-2-3-11(9-17)10-20-14-5-4-13(16)7-12(14)8-15/h4-5,7,11H,2-3,6,8-10H2,1H3. The van der Waals surface area contributed by atoms with Crippen molar-refractivity contribution in [3.63, 3.8) is 0 Å². The van der Waals surface area contributed by atoms with E-state index in [9.17, 15) is 8.42 Å². The minimum Gasteiger partial charge on any atom is -0.493 e. The van der Waals surface area contributed by atoms with Crippen LogP contribution in [0.5, 0.6) is 5.75 Å². The second-order valence-corrected chi connectivity index (χ2v) is 8.31. The van der Waals surface area contributed by atoms with Gasteiger partial charge in [0.1, 0.15) is 5.75 Å². The normalized spacial score (nSPS) is 20.4. The van der Waals surface area contributed by atoms with Crippen LogP contribution in [0.25, 0.3) is 0 Å². The number of ether oxygens (including phenoxy) is 1. The first kappa shape index (κ1) is 17.1. The molecule has 1 atom stereocenters. The molecule has 1 aliphatic rings. The Morgan fingerprint density at radius 1 is 1.48 bits per heavy atom. The third-order valence-electron chi connectivity index (χ3n) is 3.59. The molecule has 0 N–H and O–H groups in total. The summed E-state index contributed by atoms with van der Waals surface area (Å²) < 4.78 is 30.6. The Hall–Kier alpha value is -0.300. The van der Waals surface area contributed by atoms with Crippen LogP contribution in [0.1, 0.15) is 18.4 Å². The van der Waals surface area contributed by atoms with Crippen molar-refractivity contribution in [1.82, 2.24) is 4.31 Å². The molecule has 1 fully saturated rings. The van der Waals surface area contributed by atoms with E-state index in [1.54, 1.807) is 6.07 Å². The van der Waals surface area contributed by atoms with Crippen molar-refractivity contribution in [2.24, 2.45) is 5.92 Å². The zero-order valence-corrected chi connectivity index (χ0v) is 15.0. The summed E-state index contributed by atoms with van der Waals surface area (Å²) in [6.07, 6.45) is 3.13. The Morgan fingerprint density at radius 3 is 2.90 bits per heavy atom. The topological polar surface area (TPSA) is 46.6 Å². The largest absolute Gasteiger partial charge is 0.493 e. The van der Waals surface area contributed by atoms with Gasteiger partial charge in [0, 0.05) is 34.9 Å². The average Bonchev–Trinajstić information content (AvgIpc) is 2.45. The fourth-order valence-electron chi connectivity index (χ4n) is 2.47. The van der Waals surface area contributed by atoms with Crippen molar-refractivity contribution >= 4 is 37.6 Å². The molecule has 0 spiro atoms. The molecule has 1 aliphatic heterocycles. The summed E-state index contributed by atoms with van der Waals surface area (Å²) in [5.74, 6) is 1.03. The van der Waals surface area contributed by atoms with Crippen molar-refractivity contribution in [2.45, 2.75) is 18.2 Å². The number of sulfonamides is 1. The fourth-order valence-corrected chi connectivity index (χ4v) is 4.04. The molecular weight excluding hydrogens is 378 g/mol. The van der Waals surface area contributed by atoms with Gasteiger partial charge in [0.2, 0.25) is 10.0 Å². The van der Waals surface area contributed by atoms with Gasteiger partial charge in [0.25, 0.3) is 0 Å². The molecule has 0 bridgehead atoms. The molecule has 2 rings (SSSR count).